The molecule has 130 valence electrons. The summed E-state index contributed by atoms with van der Waals surface area (Å²) < 4.78 is 5.00. The second-order valence-corrected chi connectivity index (χ2v) is 6.17. The molecule has 0 radical (unpaired) electrons. The van der Waals surface area contributed by atoms with Crippen LogP contribution >= 0.6 is 0 Å². The first-order valence-electron chi connectivity index (χ1n) is 8.27. The molecule has 3 rings (SSSR count). The maximum Gasteiger partial charge on any atom is 0.287 e. The molecule has 0 saturated heterocycles. The van der Waals surface area contributed by atoms with Crippen LogP contribution in [0.5, 0.6) is 0 Å². The van der Waals surface area contributed by atoms with E-state index in [9.17, 15) is 9.59 Å². The lowest BCUT2D eigenvalue weighted by atomic mass is 10.0. The van der Waals surface area contributed by atoms with Gasteiger partial charge in [-0.15, -0.1) is 0 Å². The van der Waals surface area contributed by atoms with Crippen molar-refractivity contribution in [2.75, 3.05) is 13.1 Å². The van der Waals surface area contributed by atoms with Gasteiger partial charge in [0.15, 0.2) is 5.76 Å². The van der Waals surface area contributed by atoms with Crippen LogP contribution in [0, 0.1) is 0 Å². The first-order chi connectivity index (χ1) is 12.0. The monoisotopic (exact) mass is 339 g/mol. The first kappa shape index (κ1) is 16.8. The molecule has 0 fully saturated rings. The molecule has 1 aromatic carbocycles. The highest BCUT2D eigenvalue weighted by Gasteiger charge is 2.11. The highest BCUT2D eigenvalue weighted by Crippen LogP contribution is 2.21. The molecule has 2 amide bonds. The van der Waals surface area contributed by atoms with Gasteiger partial charge in [0, 0.05) is 24.0 Å². The fourth-order valence-electron chi connectivity index (χ4n) is 2.57. The van der Waals surface area contributed by atoms with Gasteiger partial charge in [-0.05, 0) is 35.7 Å². The zero-order valence-electron chi connectivity index (χ0n) is 14.3. The minimum atomic E-state index is -0.300. The molecule has 0 saturated carbocycles. The molecule has 0 aliphatic rings. The first-order valence-corrected chi connectivity index (χ1v) is 8.27. The summed E-state index contributed by atoms with van der Waals surface area (Å²) in [5, 5.41) is 6.46. The fourth-order valence-corrected chi connectivity index (χ4v) is 2.57. The molecule has 2 heterocycles. The SMILES string of the molecule is CC(C)c1ccc2cc(C(=O)NCCNC(=O)c3ccco3)[nH]c2c1. The summed E-state index contributed by atoms with van der Waals surface area (Å²) >= 11 is 0. The van der Waals surface area contributed by atoms with Crippen molar-refractivity contribution < 1.29 is 14.0 Å². The number of aromatic nitrogens is 1. The molecular weight excluding hydrogens is 318 g/mol. The molecule has 0 unspecified atom stereocenters. The number of furan rings is 1. The molecule has 0 atom stereocenters. The van der Waals surface area contributed by atoms with E-state index in [1.165, 1.54) is 11.8 Å². The number of fused-ring (bicyclic) bond motifs is 1. The predicted octanol–water partition coefficient (Wildman–Crippen LogP) is 3.04. The van der Waals surface area contributed by atoms with Gasteiger partial charge in [-0.2, -0.15) is 0 Å². The van der Waals surface area contributed by atoms with E-state index in [4.69, 9.17) is 4.42 Å². The number of amides is 2. The normalized spacial score (nSPS) is 11.0. The Kier molecular flexibility index (Phi) is 4.88. The average Bonchev–Trinajstić information content (AvgIpc) is 3.26. The zero-order valence-corrected chi connectivity index (χ0v) is 14.3. The van der Waals surface area contributed by atoms with Crippen LogP contribution in [0.3, 0.4) is 0 Å². The molecule has 0 aliphatic heterocycles. The molecular formula is C19H21N3O3. The van der Waals surface area contributed by atoms with Crippen molar-refractivity contribution in [3.8, 4) is 0 Å². The van der Waals surface area contributed by atoms with Crippen LogP contribution in [-0.2, 0) is 0 Å². The minimum Gasteiger partial charge on any atom is -0.459 e. The number of H-pyrrole nitrogens is 1. The van der Waals surface area contributed by atoms with E-state index in [1.54, 1.807) is 12.1 Å². The summed E-state index contributed by atoms with van der Waals surface area (Å²) in [4.78, 5) is 27.1. The second-order valence-electron chi connectivity index (χ2n) is 6.17. The van der Waals surface area contributed by atoms with Gasteiger partial charge in [0.1, 0.15) is 5.69 Å². The van der Waals surface area contributed by atoms with Gasteiger partial charge < -0.3 is 20.0 Å². The second kappa shape index (κ2) is 7.25. The molecule has 25 heavy (non-hydrogen) atoms. The van der Waals surface area contributed by atoms with Gasteiger partial charge in [0.05, 0.1) is 6.26 Å². The van der Waals surface area contributed by atoms with Crippen molar-refractivity contribution in [2.45, 2.75) is 19.8 Å². The van der Waals surface area contributed by atoms with E-state index >= 15 is 0 Å². The summed E-state index contributed by atoms with van der Waals surface area (Å²) in [5.74, 6) is 0.186. The number of benzene rings is 1. The van der Waals surface area contributed by atoms with E-state index in [0.717, 1.165) is 10.9 Å². The van der Waals surface area contributed by atoms with Gasteiger partial charge in [0.25, 0.3) is 11.8 Å². The molecule has 6 heteroatoms. The van der Waals surface area contributed by atoms with E-state index in [2.05, 4.69) is 41.6 Å². The lowest BCUT2D eigenvalue weighted by Gasteiger charge is -2.05. The maximum atomic E-state index is 12.2. The van der Waals surface area contributed by atoms with Crippen LogP contribution < -0.4 is 10.6 Å². The Bertz CT molecular complexity index is 879. The van der Waals surface area contributed by atoms with Gasteiger partial charge in [-0.1, -0.05) is 26.0 Å². The quantitative estimate of drug-likeness (QED) is 0.603. The lowest BCUT2D eigenvalue weighted by molar-refractivity contribution is 0.0909. The van der Waals surface area contributed by atoms with E-state index in [-0.39, 0.29) is 17.6 Å². The van der Waals surface area contributed by atoms with Gasteiger partial charge in [-0.3, -0.25) is 9.59 Å². The lowest BCUT2D eigenvalue weighted by Crippen LogP contribution is -2.34. The van der Waals surface area contributed by atoms with Crippen LogP contribution in [0.2, 0.25) is 0 Å². The van der Waals surface area contributed by atoms with Crippen molar-refractivity contribution >= 4 is 22.7 Å². The van der Waals surface area contributed by atoms with Gasteiger partial charge in [-0.25, -0.2) is 0 Å². The molecule has 0 bridgehead atoms. The highest BCUT2D eigenvalue weighted by atomic mass is 16.3. The summed E-state index contributed by atoms with van der Waals surface area (Å²) in [6.45, 7) is 4.92. The van der Waals surface area contributed by atoms with Crippen LogP contribution in [-0.4, -0.2) is 29.9 Å². The highest BCUT2D eigenvalue weighted by molar-refractivity contribution is 5.98. The predicted molar refractivity (Wildman–Crippen MR) is 95.8 cm³/mol. The average molecular weight is 339 g/mol. The van der Waals surface area contributed by atoms with Crippen LogP contribution in [0.25, 0.3) is 10.9 Å². The number of hydrogen-bond donors (Lipinski definition) is 3. The number of aromatic amines is 1. The molecule has 3 N–H and O–H groups in total. The number of carbonyl (C=O) groups excluding carboxylic acids is 2. The van der Waals surface area contributed by atoms with Crippen molar-refractivity contribution in [2.24, 2.45) is 0 Å². The van der Waals surface area contributed by atoms with Gasteiger partial charge in [0.2, 0.25) is 0 Å². The molecule has 2 aromatic heterocycles. The van der Waals surface area contributed by atoms with Crippen LogP contribution in [0.4, 0.5) is 0 Å². The molecule has 0 aliphatic carbocycles. The Balaban J connectivity index is 1.54. The third-order valence-electron chi connectivity index (χ3n) is 4.00. The minimum absolute atomic E-state index is 0.199. The third kappa shape index (κ3) is 3.91. The summed E-state index contributed by atoms with van der Waals surface area (Å²) in [5.41, 5.74) is 2.68. The van der Waals surface area contributed by atoms with Crippen molar-refractivity contribution in [3.63, 3.8) is 0 Å². The Labute approximate surface area is 145 Å². The number of rotatable bonds is 6. The van der Waals surface area contributed by atoms with Crippen LogP contribution in [0.1, 0.15) is 46.4 Å². The molecule has 3 aromatic rings. The Morgan fingerprint density at radius 2 is 1.84 bits per heavy atom. The summed E-state index contributed by atoms with van der Waals surface area (Å²) in [7, 11) is 0. The Hall–Kier alpha value is -3.02. The summed E-state index contributed by atoms with van der Waals surface area (Å²) in [6.07, 6.45) is 1.44. The zero-order chi connectivity index (χ0) is 17.8. The maximum absolute atomic E-state index is 12.2. The Morgan fingerprint density at radius 1 is 1.08 bits per heavy atom. The van der Waals surface area contributed by atoms with Gasteiger partial charge >= 0.3 is 0 Å². The van der Waals surface area contributed by atoms with E-state index in [1.807, 2.05) is 12.1 Å². The number of nitrogens with one attached hydrogen (secondary N) is 3. The standard InChI is InChI=1S/C19H21N3O3/c1-12(2)13-5-6-14-11-16(22-15(14)10-13)18(23)20-7-8-21-19(24)17-4-3-9-25-17/h3-6,9-12,22H,7-8H2,1-2H3,(H,20,23)(H,21,24). The van der Waals surface area contributed by atoms with Crippen molar-refractivity contribution in [3.05, 3.63) is 59.7 Å². The Morgan fingerprint density at radius 3 is 2.52 bits per heavy atom. The molecule has 6 nitrogen and oxygen atoms in total. The smallest absolute Gasteiger partial charge is 0.287 e. The third-order valence-corrected chi connectivity index (χ3v) is 4.00. The molecule has 0 spiro atoms. The topological polar surface area (TPSA) is 87.1 Å². The number of carbonyl (C=O) groups is 2. The van der Waals surface area contributed by atoms with E-state index < -0.39 is 0 Å². The summed E-state index contributed by atoms with van der Waals surface area (Å²) in [6, 6.07) is 11.2. The van der Waals surface area contributed by atoms with Crippen LogP contribution in [0.15, 0.2) is 47.1 Å². The fraction of sp³-hybridized carbons (Fsp3) is 0.263. The van der Waals surface area contributed by atoms with Crippen molar-refractivity contribution in [1.29, 1.82) is 0 Å². The van der Waals surface area contributed by atoms with E-state index in [0.29, 0.717) is 24.7 Å². The van der Waals surface area contributed by atoms with Crippen molar-refractivity contribution in [1.82, 2.24) is 15.6 Å². The number of hydrogen-bond acceptors (Lipinski definition) is 3. The largest absolute Gasteiger partial charge is 0.459 e.